The van der Waals surface area contributed by atoms with Gasteiger partial charge in [-0.25, -0.2) is 13.1 Å². The molecule has 5 nitrogen and oxygen atoms in total. The molecule has 1 N–H and O–H groups in total. The zero-order valence-electron chi connectivity index (χ0n) is 14.3. The molecule has 0 amide bonds. The van der Waals surface area contributed by atoms with Gasteiger partial charge in [-0.2, -0.15) is 0 Å². The van der Waals surface area contributed by atoms with Gasteiger partial charge in [-0.05, 0) is 47.7 Å². The topological polar surface area (TPSA) is 68.3 Å². The molecule has 1 heterocycles. The highest BCUT2D eigenvalue weighted by atomic mass is 32.2. The second kappa shape index (κ2) is 8.26. The Morgan fingerprint density at radius 2 is 2.04 bits per heavy atom. The summed E-state index contributed by atoms with van der Waals surface area (Å²) in [5.74, 6) is 0.920. The summed E-state index contributed by atoms with van der Waals surface area (Å²) in [6.45, 7) is 6.91. The van der Waals surface area contributed by atoms with Crippen LogP contribution in [0.2, 0.25) is 0 Å². The lowest BCUT2D eigenvalue weighted by molar-refractivity contribution is 0.312. The van der Waals surface area contributed by atoms with Crippen LogP contribution in [0.1, 0.15) is 44.2 Å². The normalized spacial score (nSPS) is 11.7. The zero-order chi connectivity index (χ0) is 17.6. The van der Waals surface area contributed by atoms with Crippen molar-refractivity contribution in [2.45, 2.75) is 44.6 Å². The van der Waals surface area contributed by atoms with E-state index >= 15 is 0 Å². The molecule has 0 fully saturated rings. The molecule has 1 aromatic heterocycles. The lowest BCUT2D eigenvalue weighted by Crippen LogP contribution is -2.23. The summed E-state index contributed by atoms with van der Waals surface area (Å²) in [7, 11) is -3.59. The molecule has 24 heavy (non-hydrogen) atoms. The van der Waals surface area contributed by atoms with Crippen molar-refractivity contribution < 1.29 is 13.2 Å². The molecule has 1 aromatic carbocycles. The van der Waals surface area contributed by atoms with Gasteiger partial charge < -0.3 is 4.74 Å². The molecule has 2 rings (SSSR count). The van der Waals surface area contributed by atoms with Crippen molar-refractivity contribution in [2.75, 3.05) is 6.61 Å². The van der Waals surface area contributed by atoms with E-state index in [1.807, 2.05) is 26.8 Å². The standard InChI is InChI=1S/C18H24N2O3S/c1-4-10-23-18-8-7-16(11-17(18)14(2)3)24(21,22)20-13-15-6-5-9-19-12-15/h5-9,11-12,14,20H,4,10,13H2,1-3H3. The molecule has 0 bridgehead atoms. The van der Waals surface area contributed by atoms with Gasteiger partial charge in [0.1, 0.15) is 5.75 Å². The largest absolute Gasteiger partial charge is 0.493 e. The van der Waals surface area contributed by atoms with Crippen molar-refractivity contribution >= 4 is 10.0 Å². The first kappa shape index (κ1) is 18.4. The van der Waals surface area contributed by atoms with Crippen LogP contribution in [0.5, 0.6) is 5.75 Å². The first-order chi connectivity index (χ1) is 11.4. The SMILES string of the molecule is CCCOc1ccc(S(=O)(=O)NCc2cccnc2)cc1C(C)C. The predicted octanol–water partition coefficient (Wildman–Crippen LogP) is 3.47. The van der Waals surface area contributed by atoms with E-state index in [0.717, 1.165) is 23.3 Å². The van der Waals surface area contributed by atoms with Crippen molar-refractivity contribution in [3.63, 3.8) is 0 Å². The number of hydrogen-bond acceptors (Lipinski definition) is 4. The Morgan fingerprint density at radius 1 is 1.25 bits per heavy atom. The van der Waals surface area contributed by atoms with E-state index in [1.54, 1.807) is 36.7 Å². The summed E-state index contributed by atoms with van der Waals surface area (Å²) in [6.07, 6.45) is 4.20. The minimum atomic E-state index is -3.59. The van der Waals surface area contributed by atoms with Crippen LogP contribution < -0.4 is 9.46 Å². The third-order valence-corrected chi connectivity index (χ3v) is 4.96. The maximum absolute atomic E-state index is 12.5. The Balaban J connectivity index is 2.21. The lowest BCUT2D eigenvalue weighted by Gasteiger charge is -2.16. The Bertz CT molecular complexity index is 759. The molecule has 6 heteroatoms. The number of sulfonamides is 1. The van der Waals surface area contributed by atoms with E-state index in [2.05, 4.69) is 9.71 Å². The second-order valence-electron chi connectivity index (χ2n) is 5.89. The Hall–Kier alpha value is -1.92. The minimum absolute atomic E-state index is 0.172. The molecule has 0 aliphatic rings. The highest BCUT2D eigenvalue weighted by molar-refractivity contribution is 7.89. The smallest absolute Gasteiger partial charge is 0.240 e. The molecule has 0 saturated carbocycles. The van der Waals surface area contributed by atoms with E-state index < -0.39 is 10.0 Å². The van der Waals surface area contributed by atoms with E-state index in [9.17, 15) is 8.42 Å². The van der Waals surface area contributed by atoms with Crippen LogP contribution in [0.15, 0.2) is 47.6 Å². The average Bonchev–Trinajstić information content (AvgIpc) is 2.59. The van der Waals surface area contributed by atoms with Crippen LogP contribution in [0.4, 0.5) is 0 Å². The monoisotopic (exact) mass is 348 g/mol. The predicted molar refractivity (Wildman–Crippen MR) is 94.6 cm³/mol. The van der Waals surface area contributed by atoms with Crippen molar-refractivity contribution in [1.29, 1.82) is 0 Å². The number of pyridine rings is 1. The summed E-state index contributed by atoms with van der Waals surface area (Å²) in [6, 6.07) is 8.63. The van der Waals surface area contributed by atoms with E-state index in [-0.39, 0.29) is 17.4 Å². The van der Waals surface area contributed by atoms with Gasteiger partial charge in [0.05, 0.1) is 11.5 Å². The van der Waals surface area contributed by atoms with Gasteiger partial charge in [-0.15, -0.1) is 0 Å². The molecule has 2 aromatic rings. The van der Waals surface area contributed by atoms with Crippen LogP contribution in [0.25, 0.3) is 0 Å². The first-order valence-electron chi connectivity index (χ1n) is 8.09. The number of benzene rings is 1. The molecular weight excluding hydrogens is 324 g/mol. The Kier molecular flexibility index (Phi) is 6.34. The molecule has 0 aliphatic heterocycles. The summed E-state index contributed by atoms with van der Waals surface area (Å²) in [5, 5.41) is 0. The van der Waals surface area contributed by atoms with Gasteiger partial charge in [0.15, 0.2) is 0 Å². The van der Waals surface area contributed by atoms with Crippen LogP contribution in [-0.2, 0) is 16.6 Å². The van der Waals surface area contributed by atoms with Gasteiger partial charge >= 0.3 is 0 Å². The molecule has 0 aliphatic carbocycles. The second-order valence-corrected chi connectivity index (χ2v) is 7.66. The molecule has 0 radical (unpaired) electrons. The minimum Gasteiger partial charge on any atom is -0.493 e. The van der Waals surface area contributed by atoms with Gasteiger partial charge in [0.25, 0.3) is 0 Å². The maximum atomic E-state index is 12.5. The van der Waals surface area contributed by atoms with Gasteiger partial charge in [-0.3, -0.25) is 4.98 Å². The number of rotatable bonds is 8. The van der Waals surface area contributed by atoms with Gasteiger partial charge in [-0.1, -0.05) is 26.8 Å². The fourth-order valence-corrected chi connectivity index (χ4v) is 3.31. The van der Waals surface area contributed by atoms with Gasteiger partial charge in [0, 0.05) is 18.9 Å². The highest BCUT2D eigenvalue weighted by Crippen LogP contribution is 2.29. The van der Waals surface area contributed by atoms with Crippen LogP contribution in [0.3, 0.4) is 0 Å². The average molecular weight is 348 g/mol. The third kappa shape index (κ3) is 4.79. The number of nitrogens with one attached hydrogen (secondary N) is 1. The van der Waals surface area contributed by atoms with Crippen molar-refractivity contribution in [3.8, 4) is 5.75 Å². The lowest BCUT2D eigenvalue weighted by atomic mass is 10.0. The molecule has 130 valence electrons. The maximum Gasteiger partial charge on any atom is 0.240 e. The molecule has 0 atom stereocenters. The fraction of sp³-hybridized carbons (Fsp3) is 0.389. The number of ether oxygens (including phenoxy) is 1. The summed E-state index contributed by atoms with van der Waals surface area (Å²) in [5.41, 5.74) is 1.71. The molecular formula is C18H24N2O3S. The van der Waals surface area contributed by atoms with Gasteiger partial charge in [0.2, 0.25) is 10.0 Å². The molecule has 0 unspecified atom stereocenters. The molecule has 0 spiro atoms. The highest BCUT2D eigenvalue weighted by Gasteiger charge is 2.18. The molecule has 0 saturated heterocycles. The van der Waals surface area contributed by atoms with Crippen molar-refractivity contribution in [3.05, 3.63) is 53.9 Å². The third-order valence-electron chi connectivity index (χ3n) is 3.56. The Morgan fingerprint density at radius 3 is 2.67 bits per heavy atom. The van der Waals surface area contributed by atoms with E-state index in [0.29, 0.717) is 6.61 Å². The summed E-state index contributed by atoms with van der Waals surface area (Å²) >= 11 is 0. The van der Waals surface area contributed by atoms with Crippen LogP contribution in [-0.4, -0.2) is 20.0 Å². The number of nitrogens with zero attached hydrogens (tertiary/aromatic N) is 1. The van der Waals surface area contributed by atoms with E-state index in [4.69, 9.17) is 4.74 Å². The fourth-order valence-electron chi connectivity index (χ4n) is 2.25. The summed E-state index contributed by atoms with van der Waals surface area (Å²) < 4.78 is 33.4. The summed E-state index contributed by atoms with van der Waals surface area (Å²) in [4.78, 5) is 4.23. The quantitative estimate of drug-likeness (QED) is 0.793. The van der Waals surface area contributed by atoms with Crippen molar-refractivity contribution in [2.24, 2.45) is 0 Å². The Labute approximate surface area is 144 Å². The van der Waals surface area contributed by atoms with Crippen LogP contribution in [0, 0.1) is 0 Å². The van der Waals surface area contributed by atoms with Crippen LogP contribution >= 0.6 is 0 Å². The number of hydrogen-bond donors (Lipinski definition) is 1. The number of aromatic nitrogens is 1. The zero-order valence-corrected chi connectivity index (χ0v) is 15.1. The first-order valence-corrected chi connectivity index (χ1v) is 9.57. The van der Waals surface area contributed by atoms with E-state index in [1.165, 1.54) is 0 Å². The van der Waals surface area contributed by atoms with Crippen molar-refractivity contribution in [1.82, 2.24) is 9.71 Å².